The van der Waals surface area contributed by atoms with E-state index < -0.39 is 12.1 Å². The molecule has 1 amide bonds. The van der Waals surface area contributed by atoms with Crippen LogP contribution in [0.5, 0.6) is 0 Å². The highest BCUT2D eigenvalue weighted by Gasteiger charge is 2.20. The molecule has 0 bridgehead atoms. The van der Waals surface area contributed by atoms with Crippen LogP contribution in [0.3, 0.4) is 0 Å². The average molecular weight is 1250 g/mol. The van der Waals surface area contributed by atoms with Crippen LogP contribution in [0.15, 0.2) is 24.3 Å². The van der Waals surface area contributed by atoms with E-state index in [2.05, 4.69) is 43.5 Å². The molecule has 2 atom stereocenters. The van der Waals surface area contributed by atoms with E-state index in [-0.39, 0.29) is 18.5 Å². The number of ether oxygens (including phenoxy) is 1. The third-order valence-corrected chi connectivity index (χ3v) is 19.5. The summed E-state index contributed by atoms with van der Waals surface area (Å²) < 4.78 is 5.51. The highest BCUT2D eigenvalue weighted by Crippen LogP contribution is 2.21. The van der Waals surface area contributed by atoms with Gasteiger partial charge in [0.15, 0.2) is 0 Å². The monoisotopic (exact) mass is 1250 g/mol. The largest absolute Gasteiger partial charge is 0.466 e. The van der Waals surface area contributed by atoms with Gasteiger partial charge in [0.1, 0.15) is 0 Å². The summed E-state index contributed by atoms with van der Waals surface area (Å²) in [5.74, 6) is -0.00744. The molecule has 0 aliphatic heterocycles. The van der Waals surface area contributed by atoms with E-state index in [1.165, 1.54) is 385 Å². The molecule has 528 valence electrons. The Bertz CT molecular complexity index is 1400. The Hall–Kier alpha value is -1.66. The molecule has 0 rings (SSSR count). The van der Waals surface area contributed by atoms with Crippen molar-refractivity contribution in [3.63, 3.8) is 0 Å². The summed E-state index contributed by atoms with van der Waals surface area (Å²) >= 11 is 0. The molecule has 2 unspecified atom stereocenters. The second-order valence-electron chi connectivity index (χ2n) is 28.5. The Morgan fingerprint density at radius 1 is 0.315 bits per heavy atom. The molecule has 0 aliphatic rings. The first-order valence-electron chi connectivity index (χ1n) is 41.1. The summed E-state index contributed by atoms with van der Waals surface area (Å²) in [5, 5.41) is 23.4. The molecule has 0 aromatic heterocycles. The van der Waals surface area contributed by atoms with E-state index in [0.29, 0.717) is 25.9 Å². The Morgan fingerprint density at radius 2 is 0.562 bits per heavy atom. The lowest BCUT2D eigenvalue weighted by molar-refractivity contribution is -0.143. The van der Waals surface area contributed by atoms with E-state index in [4.69, 9.17) is 4.74 Å². The number of hydrogen-bond acceptors (Lipinski definition) is 5. The van der Waals surface area contributed by atoms with E-state index in [0.717, 1.165) is 51.4 Å². The molecule has 0 radical (unpaired) electrons. The van der Waals surface area contributed by atoms with Crippen molar-refractivity contribution in [2.45, 2.75) is 482 Å². The number of unbranched alkanes of at least 4 members (excludes halogenated alkanes) is 63. The second-order valence-corrected chi connectivity index (χ2v) is 28.5. The smallest absolute Gasteiger partial charge is 0.305 e. The van der Waals surface area contributed by atoms with Gasteiger partial charge in [0.25, 0.3) is 0 Å². The standard InChI is InChI=1S/C83H161NO5/c1-3-5-7-9-11-13-15-17-19-20-45-49-53-57-61-65-69-73-77-83(88)89-78-74-70-66-62-58-54-50-46-43-41-39-37-35-33-31-29-27-25-23-21-22-24-26-28-30-32-34-36-38-40-42-44-48-52-56-60-64-68-72-76-82(87)84-80(79-85)81(86)75-71-67-63-59-55-51-47-18-16-14-12-10-8-6-4-2/h13,15,19-20,80-81,85-86H,3-12,14,16-18,21-79H2,1-2H3,(H,84,87)/b15-13-,20-19-. The van der Waals surface area contributed by atoms with Gasteiger partial charge in [0.05, 0.1) is 25.4 Å². The van der Waals surface area contributed by atoms with Crippen molar-refractivity contribution < 1.29 is 24.5 Å². The van der Waals surface area contributed by atoms with Crippen molar-refractivity contribution in [3.8, 4) is 0 Å². The molecule has 3 N–H and O–H groups in total. The fraction of sp³-hybridized carbons (Fsp3) is 0.928. The molecule has 0 fully saturated rings. The van der Waals surface area contributed by atoms with Gasteiger partial charge in [-0.3, -0.25) is 9.59 Å². The van der Waals surface area contributed by atoms with Gasteiger partial charge >= 0.3 is 5.97 Å². The molecular formula is C83H161NO5. The zero-order valence-corrected chi connectivity index (χ0v) is 60.7. The van der Waals surface area contributed by atoms with Gasteiger partial charge in [-0.1, -0.05) is 423 Å². The van der Waals surface area contributed by atoms with Gasteiger partial charge in [-0.25, -0.2) is 0 Å². The maximum Gasteiger partial charge on any atom is 0.305 e. The molecule has 6 heteroatoms. The molecule has 0 aromatic rings. The first-order valence-corrected chi connectivity index (χ1v) is 41.1. The van der Waals surface area contributed by atoms with Gasteiger partial charge in [0.2, 0.25) is 5.91 Å². The third kappa shape index (κ3) is 75.3. The normalized spacial score (nSPS) is 12.5. The number of aliphatic hydroxyl groups is 2. The van der Waals surface area contributed by atoms with Crippen molar-refractivity contribution in [2.75, 3.05) is 13.2 Å². The summed E-state index contributed by atoms with van der Waals surface area (Å²) in [6, 6.07) is -0.536. The lowest BCUT2D eigenvalue weighted by atomic mass is 10.0. The molecule has 89 heavy (non-hydrogen) atoms. The first-order chi connectivity index (χ1) is 44.0. The Morgan fingerprint density at radius 3 is 0.865 bits per heavy atom. The minimum absolute atomic E-state index is 0.0176. The molecule has 6 nitrogen and oxygen atoms in total. The third-order valence-electron chi connectivity index (χ3n) is 19.5. The lowest BCUT2D eigenvalue weighted by Crippen LogP contribution is -2.45. The maximum atomic E-state index is 12.5. The number of allylic oxidation sites excluding steroid dienone is 4. The summed E-state index contributed by atoms with van der Waals surface area (Å²) in [6.45, 7) is 4.98. The van der Waals surface area contributed by atoms with Crippen molar-refractivity contribution in [1.29, 1.82) is 0 Å². The number of hydrogen-bond donors (Lipinski definition) is 3. The van der Waals surface area contributed by atoms with Crippen LogP contribution in [0.25, 0.3) is 0 Å². The molecule has 0 spiro atoms. The number of carbonyl (C=O) groups excluding carboxylic acids is 2. The average Bonchev–Trinajstić information content (AvgIpc) is 3.59. The van der Waals surface area contributed by atoms with Gasteiger partial charge < -0.3 is 20.3 Å². The topological polar surface area (TPSA) is 95.9 Å². The van der Waals surface area contributed by atoms with Crippen LogP contribution in [0.2, 0.25) is 0 Å². The van der Waals surface area contributed by atoms with Crippen molar-refractivity contribution in [1.82, 2.24) is 5.32 Å². The zero-order chi connectivity index (χ0) is 64.2. The second kappa shape index (κ2) is 78.8. The van der Waals surface area contributed by atoms with E-state index >= 15 is 0 Å². The molecule has 0 aliphatic carbocycles. The number of rotatable bonds is 78. The number of aliphatic hydroxyl groups excluding tert-OH is 2. The zero-order valence-electron chi connectivity index (χ0n) is 60.7. The van der Waals surface area contributed by atoms with Crippen LogP contribution in [-0.2, 0) is 14.3 Å². The predicted octanol–water partition coefficient (Wildman–Crippen LogP) is 27.2. The lowest BCUT2D eigenvalue weighted by Gasteiger charge is -2.22. The Kier molecular flexibility index (Phi) is 77.3. The van der Waals surface area contributed by atoms with E-state index in [9.17, 15) is 19.8 Å². The van der Waals surface area contributed by atoms with Crippen LogP contribution >= 0.6 is 0 Å². The summed E-state index contributed by atoms with van der Waals surface area (Å²) in [6.07, 6.45) is 102. The van der Waals surface area contributed by atoms with Crippen molar-refractivity contribution in [3.05, 3.63) is 24.3 Å². The minimum Gasteiger partial charge on any atom is -0.466 e. The number of esters is 1. The van der Waals surface area contributed by atoms with E-state index in [1.54, 1.807) is 0 Å². The van der Waals surface area contributed by atoms with Gasteiger partial charge in [-0.15, -0.1) is 0 Å². The summed E-state index contributed by atoms with van der Waals surface area (Å²) in [4.78, 5) is 24.6. The summed E-state index contributed by atoms with van der Waals surface area (Å²) in [7, 11) is 0. The minimum atomic E-state index is -0.659. The molecule has 0 heterocycles. The molecule has 0 saturated heterocycles. The highest BCUT2D eigenvalue weighted by molar-refractivity contribution is 5.76. The Labute approximate surface area is 558 Å². The highest BCUT2D eigenvalue weighted by atomic mass is 16.5. The van der Waals surface area contributed by atoms with Gasteiger partial charge in [-0.05, 0) is 57.8 Å². The van der Waals surface area contributed by atoms with Crippen LogP contribution in [-0.4, -0.2) is 47.4 Å². The maximum absolute atomic E-state index is 12.5. The van der Waals surface area contributed by atoms with Crippen LogP contribution in [0.1, 0.15) is 470 Å². The summed E-state index contributed by atoms with van der Waals surface area (Å²) in [5.41, 5.74) is 0. The van der Waals surface area contributed by atoms with E-state index in [1.807, 2.05) is 0 Å². The predicted molar refractivity (Wildman–Crippen MR) is 393 cm³/mol. The van der Waals surface area contributed by atoms with Crippen LogP contribution < -0.4 is 5.32 Å². The van der Waals surface area contributed by atoms with Gasteiger partial charge in [-0.2, -0.15) is 0 Å². The molecule has 0 aromatic carbocycles. The Balaban J connectivity index is 3.28. The van der Waals surface area contributed by atoms with Crippen LogP contribution in [0.4, 0.5) is 0 Å². The van der Waals surface area contributed by atoms with Crippen molar-refractivity contribution in [2.24, 2.45) is 0 Å². The van der Waals surface area contributed by atoms with Crippen LogP contribution in [0, 0.1) is 0 Å². The first kappa shape index (κ1) is 87.3. The fourth-order valence-corrected chi connectivity index (χ4v) is 13.3. The van der Waals surface area contributed by atoms with Crippen molar-refractivity contribution >= 4 is 11.9 Å². The fourth-order valence-electron chi connectivity index (χ4n) is 13.3. The SMILES string of the molecule is CCCCCC/C=C\C/C=C\CCCCCCCCCC(=O)OCCCCCCCCCCCCCCCCCCCCCCCCCCCCCCCCCCCCCCCCCC(=O)NC(CO)C(O)CCCCCCCCCCCCCCCCC. The number of nitrogens with one attached hydrogen (secondary N) is 1. The van der Waals surface area contributed by atoms with Gasteiger partial charge in [0, 0.05) is 12.8 Å². The quantitative estimate of drug-likeness (QED) is 0.0320. The number of amides is 1. The molecular weight excluding hydrogens is 1090 g/mol. The molecule has 0 saturated carbocycles. The number of carbonyl (C=O) groups is 2.